The van der Waals surface area contributed by atoms with Crippen LogP contribution in [0.5, 0.6) is 0 Å². The van der Waals surface area contributed by atoms with E-state index in [0.29, 0.717) is 15.6 Å². The predicted molar refractivity (Wildman–Crippen MR) is 87.0 cm³/mol. The molecule has 2 aromatic carbocycles. The molecule has 0 aliphatic rings. The van der Waals surface area contributed by atoms with Crippen molar-refractivity contribution in [3.63, 3.8) is 0 Å². The number of hydrazone groups is 1. The van der Waals surface area contributed by atoms with Crippen molar-refractivity contribution >= 4 is 33.7 Å². The zero-order chi connectivity index (χ0) is 16.1. The van der Waals surface area contributed by atoms with Gasteiger partial charge in [-0.05, 0) is 40.5 Å². The number of carbonyl (C=O) groups excluding carboxylic acids is 1. The summed E-state index contributed by atoms with van der Waals surface area (Å²) in [5.74, 6) is -0.313. The van der Waals surface area contributed by atoms with E-state index in [0.717, 1.165) is 5.56 Å². The first kappa shape index (κ1) is 15.8. The maximum atomic E-state index is 12.0. The van der Waals surface area contributed by atoms with Crippen LogP contribution >= 0.6 is 15.9 Å². The van der Waals surface area contributed by atoms with Crippen LogP contribution in [0.2, 0.25) is 0 Å². The fraction of sp³-hybridized carbons (Fsp3) is 0.0667. The molecule has 0 heterocycles. The Morgan fingerprint density at radius 3 is 2.68 bits per heavy atom. The zero-order valence-corrected chi connectivity index (χ0v) is 13.2. The van der Waals surface area contributed by atoms with E-state index in [1.807, 2.05) is 19.1 Å². The molecule has 1 N–H and O–H groups in total. The number of halogens is 1. The molecule has 1 amide bonds. The fourth-order valence-corrected chi connectivity index (χ4v) is 2.25. The number of rotatable bonds is 4. The molecule has 2 rings (SSSR count). The van der Waals surface area contributed by atoms with E-state index in [1.165, 1.54) is 18.3 Å². The van der Waals surface area contributed by atoms with E-state index in [1.54, 1.807) is 18.2 Å². The Morgan fingerprint density at radius 2 is 2.05 bits per heavy atom. The summed E-state index contributed by atoms with van der Waals surface area (Å²) < 4.78 is 0.524. The standard InChI is InChI=1S/C15H12BrN3O3/c1-10-4-2-3-5-13(10)15(20)18-17-9-11-6-7-12(19(21)22)8-14(11)16/h2-9H,1H3,(H,18,20)/b17-9-. The fourth-order valence-electron chi connectivity index (χ4n) is 1.78. The van der Waals surface area contributed by atoms with Crippen LogP contribution < -0.4 is 5.43 Å². The summed E-state index contributed by atoms with van der Waals surface area (Å²) in [6.07, 6.45) is 1.42. The number of non-ortho nitro benzene ring substituents is 1. The molecule has 2 aromatic rings. The largest absolute Gasteiger partial charge is 0.271 e. The Kier molecular flexibility index (Phi) is 5.00. The van der Waals surface area contributed by atoms with Crippen LogP contribution in [0.4, 0.5) is 5.69 Å². The van der Waals surface area contributed by atoms with Gasteiger partial charge in [-0.15, -0.1) is 0 Å². The summed E-state index contributed by atoms with van der Waals surface area (Å²) in [6.45, 7) is 1.84. The van der Waals surface area contributed by atoms with Crippen LogP contribution in [-0.4, -0.2) is 17.0 Å². The summed E-state index contributed by atoms with van der Waals surface area (Å²) in [7, 11) is 0. The van der Waals surface area contributed by atoms with Gasteiger partial charge in [0.1, 0.15) is 0 Å². The lowest BCUT2D eigenvalue weighted by Crippen LogP contribution is -2.18. The molecular formula is C15H12BrN3O3. The van der Waals surface area contributed by atoms with Crippen molar-refractivity contribution in [2.75, 3.05) is 0 Å². The normalized spacial score (nSPS) is 10.6. The number of hydrogen-bond acceptors (Lipinski definition) is 4. The monoisotopic (exact) mass is 361 g/mol. The van der Waals surface area contributed by atoms with Crippen molar-refractivity contribution in [2.24, 2.45) is 5.10 Å². The van der Waals surface area contributed by atoms with E-state index < -0.39 is 4.92 Å². The SMILES string of the molecule is Cc1ccccc1C(=O)N/N=C\c1ccc([N+](=O)[O-])cc1Br. The number of carbonyl (C=O) groups is 1. The molecule has 0 saturated carbocycles. The minimum Gasteiger partial charge on any atom is -0.267 e. The Morgan fingerprint density at radius 1 is 1.32 bits per heavy atom. The first-order valence-corrected chi connectivity index (χ1v) is 7.11. The van der Waals surface area contributed by atoms with Gasteiger partial charge < -0.3 is 0 Å². The lowest BCUT2D eigenvalue weighted by molar-refractivity contribution is -0.384. The molecule has 0 unspecified atom stereocenters. The number of nitrogens with one attached hydrogen (secondary N) is 1. The van der Waals surface area contributed by atoms with Crippen LogP contribution in [0.15, 0.2) is 52.0 Å². The lowest BCUT2D eigenvalue weighted by atomic mass is 10.1. The van der Waals surface area contributed by atoms with Gasteiger partial charge in [0.2, 0.25) is 0 Å². The Bertz CT molecular complexity index is 759. The molecule has 0 aromatic heterocycles. The number of aryl methyl sites for hydroxylation is 1. The first-order valence-electron chi connectivity index (χ1n) is 6.32. The summed E-state index contributed by atoms with van der Waals surface area (Å²) >= 11 is 3.23. The molecule has 6 nitrogen and oxygen atoms in total. The lowest BCUT2D eigenvalue weighted by Gasteiger charge is -2.03. The van der Waals surface area contributed by atoms with Crippen LogP contribution in [0.25, 0.3) is 0 Å². The molecular weight excluding hydrogens is 350 g/mol. The van der Waals surface area contributed by atoms with Crippen LogP contribution in [0.3, 0.4) is 0 Å². The van der Waals surface area contributed by atoms with E-state index in [2.05, 4.69) is 26.5 Å². The number of benzene rings is 2. The third-order valence-electron chi connectivity index (χ3n) is 2.95. The number of nitrogens with zero attached hydrogens (tertiary/aromatic N) is 2. The molecule has 0 aliphatic heterocycles. The highest BCUT2D eigenvalue weighted by atomic mass is 79.9. The zero-order valence-electron chi connectivity index (χ0n) is 11.6. The van der Waals surface area contributed by atoms with Gasteiger partial charge in [0.25, 0.3) is 11.6 Å². The topological polar surface area (TPSA) is 84.6 Å². The minimum absolute atomic E-state index is 0.0204. The molecule has 0 aliphatic carbocycles. The van der Waals surface area contributed by atoms with Gasteiger partial charge in [-0.2, -0.15) is 5.10 Å². The third kappa shape index (κ3) is 3.76. The smallest absolute Gasteiger partial charge is 0.267 e. The highest BCUT2D eigenvalue weighted by Crippen LogP contribution is 2.21. The number of hydrogen-bond donors (Lipinski definition) is 1. The van der Waals surface area contributed by atoms with Crippen LogP contribution in [-0.2, 0) is 0 Å². The highest BCUT2D eigenvalue weighted by Gasteiger charge is 2.09. The summed E-state index contributed by atoms with van der Waals surface area (Å²) in [4.78, 5) is 22.1. The molecule has 7 heteroatoms. The number of nitro benzene ring substituents is 1. The van der Waals surface area contributed by atoms with Gasteiger partial charge in [0.05, 0.1) is 11.1 Å². The average Bonchev–Trinajstić information content (AvgIpc) is 2.49. The van der Waals surface area contributed by atoms with Crippen molar-refractivity contribution in [1.82, 2.24) is 5.43 Å². The van der Waals surface area contributed by atoms with Crippen LogP contribution in [0, 0.1) is 17.0 Å². The maximum Gasteiger partial charge on any atom is 0.271 e. The minimum atomic E-state index is -0.481. The van der Waals surface area contributed by atoms with Crippen molar-refractivity contribution in [3.05, 3.63) is 73.7 Å². The third-order valence-corrected chi connectivity index (χ3v) is 3.64. The van der Waals surface area contributed by atoms with Gasteiger partial charge in [-0.1, -0.05) is 18.2 Å². The first-order chi connectivity index (χ1) is 10.5. The molecule has 0 radical (unpaired) electrons. The Hall–Kier alpha value is -2.54. The van der Waals surface area contributed by atoms with Gasteiger partial charge in [-0.25, -0.2) is 5.43 Å². The quantitative estimate of drug-likeness (QED) is 0.514. The second-order valence-corrected chi connectivity index (χ2v) is 5.33. The highest BCUT2D eigenvalue weighted by molar-refractivity contribution is 9.10. The van der Waals surface area contributed by atoms with E-state index in [9.17, 15) is 14.9 Å². The molecule has 0 saturated heterocycles. The van der Waals surface area contributed by atoms with Crippen molar-refractivity contribution in [2.45, 2.75) is 6.92 Å². The summed E-state index contributed by atoms with van der Waals surface area (Å²) in [5.41, 5.74) is 4.43. The molecule has 0 fully saturated rings. The van der Waals surface area contributed by atoms with Crippen molar-refractivity contribution in [1.29, 1.82) is 0 Å². The second kappa shape index (κ2) is 6.95. The molecule has 22 heavy (non-hydrogen) atoms. The number of amides is 1. The van der Waals surface area contributed by atoms with Gasteiger partial charge in [0, 0.05) is 27.7 Å². The van der Waals surface area contributed by atoms with Crippen LogP contribution in [0.1, 0.15) is 21.5 Å². The maximum absolute atomic E-state index is 12.0. The van der Waals surface area contributed by atoms with Gasteiger partial charge in [-0.3, -0.25) is 14.9 Å². The van der Waals surface area contributed by atoms with E-state index in [4.69, 9.17) is 0 Å². The van der Waals surface area contributed by atoms with E-state index >= 15 is 0 Å². The Balaban J connectivity index is 2.08. The summed E-state index contributed by atoms with van der Waals surface area (Å²) in [6, 6.07) is 11.5. The number of nitro groups is 1. The van der Waals surface area contributed by atoms with Gasteiger partial charge in [0.15, 0.2) is 0 Å². The molecule has 112 valence electrons. The molecule has 0 bridgehead atoms. The molecule has 0 atom stereocenters. The molecule has 0 spiro atoms. The van der Waals surface area contributed by atoms with Crippen molar-refractivity contribution < 1.29 is 9.72 Å². The van der Waals surface area contributed by atoms with Gasteiger partial charge >= 0.3 is 0 Å². The van der Waals surface area contributed by atoms with Crippen molar-refractivity contribution in [3.8, 4) is 0 Å². The predicted octanol–water partition coefficient (Wildman–Crippen LogP) is 3.43. The van der Waals surface area contributed by atoms with E-state index in [-0.39, 0.29) is 11.6 Å². The average molecular weight is 362 g/mol. The second-order valence-electron chi connectivity index (χ2n) is 4.48. The summed E-state index contributed by atoms with van der Waals surface area (Å²) in [5, 5.41) is 14.5. The Labute approximate surface area is 135 Å².